The van der Waals surface area contributed by atoms with Gasteiger partial charge in [0.05, 0.1) is 11.2 Å². The summed E-state index contributed by atoms with van der Waals surface area (Å²) in [7, 11) is -0.369. The molecule has 1 aromatic carbocycles. The number of carbonyl (C=O) groups excluding carboxylic acids is 1. The fourth-order valence-electron chi connectivity index (χ4n) is 3.55. The number of hydrogen-bond donors (Lipinski definition) is 1. The fraction of sp³-hybridized carbons (Fsp3) is 0.650. The molecule has 1 amide bonds. The van der Waals surface area contributed by atoms with E-state index in [0.29, 0.717) is 0 Å². The van der Waals surface area contributed by atoms with E-state index in [0.717, 1.165) is 42.4 Å². The lowest BCUT2D eigenvalue weighted by atomic mass is 9.78. The second-order valence-corrected chi connectivity index (χ2v) is 8.49. The molecule has 1 heterocycles. The van der Waals surface area contributed by atoms with E-state index in [-0.39, 0.29) is 30.1 Å². The molecule has 136 valence electrons. The van der Waals surface area contributed by atoms with E-state index in [2.05, 4.69) is 39.1 Å². The first-order valence-corrected chi connectivity index (χ1v) is 9.47. The van der Waals surface area contributed by atoms with Crippen molar-refractivity contribution in [2.24, 2.45) is 5.92 Å². The zero-order valence-electron chi connectivity index (χ0n) is 16.1. The second-order valence-electron chi connectivity index (χ2n) is 8.49. The third kappa shape index (κ3) is 3.77. The molecule has 1 aliphatic carbocycles. The van der Waals surface area contributed by atoms with Crippen LogP contribution in [0.25, 0.3) is 0 Å². The van der Waals surface area contributed by atoms with Crippen LogP contribution in [0.2, 0.25) is 0 Å². The minimum atomic E-state index is -0.369. The van der Waals surface area contributed by atoms with Crippen LogP contribution < -0.4 is 10.8 Å². The molecule has 0 bridgehead atoms. The predicted molar refractivity (Wildman–Crippen MR) is 102 cm³/mol. The Morgan fingerprint density at radius 3 is 2.24 bits per heavy atom. The van der Waals surface area contributed by atoms with Crippen molar-refractivity contribution in [1.29, 1.82) is 0 Å². The van der Waals surface area contributed by atoms with E-state index >= 15 is 0 Å². The number of rotatable bonds is 3. The van der Waals surface area contributed by atoms with Crippen molar-refractivity contribution in [2.75, 3.05) is 5.32 Å². The Labute approximate surface area is 151 Å². The number of aryl methyl sites for hydroxylation is 1. The lowest BCUT2D eigenvalue weighted by Crippen LogP contribution is -2.41. The SMILES string of the molecule is Cc1cc(B2OC(C)(C)C(C)(C)O2)ccc1NC(=O)C1CCCCC1. The molecular formula is C20H30BNO3. The van der Waals surface area contributed by atoms with Gasteiger partial charge in [-0.2, -0.15) is 0 Å². The fourth-order valence-corrected chi connectivity index (χ4v) is 3.55. The van der Waals surface area contributed by atoms with E-state index in [1.165, 1.54) is 6.42 Å². The lowest BCUT2D eigenvalue weighted by Gasteiger charge is -2.32. The molecule has 0 radical (unpaired) electrons. The number of hydrogen-bond acceptors (Lipinski definition) is 3. The molecule has 0 atom stereocenters. The van der Waals surface area contributed by atoms with Gasteiger partial charge in [0.25, 0.3) is 0 Å². The Kier molecular flexibility index (Phi) is 5.00. The molecule has 1 N–H and O–H groups in total. The van der Waals surface area contributed by atoms with E-state index < -0.39 is 0 Å². The van der Waals surface area contributed by atoms with Gasteiger partial charge >= 0.3 is 7.12 Å². The molecule has 5 heteroatoms. The van der Waals surface area contributed by atoms with Gasteiger partial charge in [0.15, 0.2) is 0 Å². The summed E-state index contributed by atoms with van der Waals surface area (Å²) in [5.74, 6) is 0.321. The Bertz CT molecular complexity index is 634. The first kappa shape index (κ1) is 18.5. The van der Waals surface area contributed by atoms with Gasteiger partial charge in [-0.3, -0.25) is 4.79 Å². The summed E-state index contributed by atoms with van der Waals surface area (Å²) in [4.78, 5) is 12.5. The molecule has 1 aromatic rings. The van der Waals surface area contributed by atoms with Gasteiger partial charge in [0, 0.05) is 11.6 Å². The van der Waals surface area contributed by atoms with Gasteiger partial charge in [-0.05, 0) is 64.6 Å². The third-order valence-corrected chi connectivity index (χ3v) is 6.01. The van der Waals surface area contributed by atoms with Crippen molar-refractivity contribution in [3.8, 4) is 0 Å². The minimum Gasteiger partial charge on any atom is -0.399 e. The average molecular weight is 343 g/mol. The molecule has 1 saturated carbocycles. The number of carbonyl (C=O) groups is 1. The molecule has 1 aliphatic heterocycles. The van der Waals surface area contributed by atoms with E-state index in [9.17, 15) is 4.79 Å². The highest BCUT2D eigenvalue weighted by atomic mass is 16.7. The van der Waals surface area contributed by atoms with Gasteiger partial charge in [-0.25, -0.2) is 0 Å². The van der Waals surface area contributed by atoms with Crippen molar-refractivity contribution >= 4 is 24.2 Å². The molecule has 0 spiro atoms. The van der Waals surface area contributed by atoms with E-state index in [1.54, 1.807) is 0 Å². The first-order valence-electron chi connectivity index (χ1n) is 9.47. The monoisotopic (exact) mass is 343 g/mol. The van der Waals surface area contributed by atoms with Crippen LogP contribution >= 0.6 is 0 Å². The molecule has 2 fully saturated rings. The molecule has 3 rings (SSSR count). The van der Waals surface area contributed by atoms with Crippen LogP contribution in [0.4, 0.5) is 5.69 Å². The number of amides is 1. The van der Waals surface area contributed by atoms with E-state index in [1.807, 2.05) is 19.1 Å². The highest BCUT2D eigenvalue weighted by Crippen LogP contribution is 2.36. The topological polar surface area (TPSA) is 47.6 Å². The molecule has 25 heavy (non-hydrogen) atoms. The minimum absolute atomic E-state index is 0.159. The van der Waals surface area contributed by atoms with E-state index in [4.69, 9.17) is 9.31 Å². The lowest BCUT2D eigenvalue weighted by molar-refractivity contribution is -0.120. The summed E-state index contributed by atoms with van der Waals surface area (Å²) in [6.45, 7) is 10.2. The van der Waals surface area contributed by atoms with Gasteiger partial charge in [-0.1, -0.05) is 31.4 Å². The molecule has 4 nitrogen and oxygen atoms in total. The Morgan fingerprint density at radius 1 is 1.08 bits per heavy atom. The van der Waals surface area contributed by atoms with Gasteiger partial charge in [0.1, 0.15) is 0 Å². The Hall–Kier alpha value is -1.33. The van der Waals surface area contributed by atoms with Crippen LogP contribution in [0.5, 0.6) is 0 Å². The number of anilines is 1. The maximum absolute atomic E-state index is 12.5. The first-order chi connectivity index (χ1) is 11.7. The Balaban J connectivity index is 1.70. The average Bonchev–Trinajstić information content (AvgIpc) is 2.78. The predicted octanol–water partition coefficient (Wildman–Crippen LogP) is 3.81. The second kappa shape index (κ2) is 6.77. The highest BCUT2D eigenvalue weighted by molar-refractivity contribution is 6.62. The summed E-state index contributed by atoms with van der Waals surface area (Å²) in [6.07, 6.45) is 5.61. The largest absolute Gasteiger partial charge is 0.494 e. The quantitative estimate of drug-likeness (QED) is 0.849. The molecule has 2 aliphatic rings. The summed E-state index contributed by atoms with van der Waals surface area (Å²) < 4.78 is 12.2. The van der Waals surface area contributed by atoms with Crippen molar-refractivity contribution in [3.63, 3.8) is 0 Å². The summed E-state index contributed by atoms with van der Waals surface area (Å²) in [5, 5.41) is 3.11. The highest BCUT2D eigenvalue weighted by Gasteiger charge is 2.51. The van der Waals surface area contributed by atoms with Crippen molar-refractivity contribution < 1.29 is 14.1 Å². The van der Waals surface area contributed by atoms with Gasteiger partial charge < -0.3 is 14.6 Å². The van der Waals surface area contributed by atoms with Crippen LogP contribution in [0.1, 0.15) is 65.4 Å². The summed E-state index contributed by atoms with van der Waals surface area (Å²) in [5.41, 5.74) is 2.22. The van der Waals surface area contributed by atoms with Crippen molar-refractivity contribution in [2.45, 2.75) is 77.9 Å². The zero-order valence-corrected chi connectivity index (χ0v) is 16.1. The van der Waals surface area contributed by atoms with Crippen molar-refractivity contribution in [3.05, 3.63) is 23.8 Å². The van der Waals surface area contributed by atoms with Crippen LogP contribution in [-0.2, 0) is 14.1 Å². The maximum Gasteiger partial charge on any atom is 0.494 e. The maximum atomic E-state index is 12.5. The Morgan fingerprint density at radius 2 is 1.68 bits per heavy atom. The van der Waals surface area contributed by atoms with Gasteiger partial charge in [0.2, 0.25) is 5.91 Å². The number of benzene rings is 1. The third-order valence-electron chi connectivity index (χ3n) is 6.01. The van der Waals surface area contributed by atoms with Gasteiger partial charge in [-0.15, -0.1) is 0 Å². The normalized spacial score (nSPS) is 22.8. The summed E-state index contributed by atoms with van der Waals surface area (Å²) >= 11 is 0. The summed E-state index contributed by atoms with van der Waals surface area (Å²) in [6, 6.07) is 6.01. The van der Waals surface area contributed by atoms with Crippen LogP contribution in [0.15, 0.2) is 18.2 Å². The van der Waals surface area contributed by atoms with Crippen LogP contribution in [0, 0.1) is 12.8 Å². The van der Waals surface area contributed by atoms with Crippen LogP contribution in [-0.4, -0.2) is 24.2 Å². The smallest absolute Gasteiger partial charge is 0.399 e. The molecule has 0 aromatic heterocycles. The standard InChI is InChI=1S/C20H30BNO3/c1-14-13-16(21-24-19(2,3)20(4,5)25-21)11-12-17(14)22-18(23)15-9-7-6-8-10-15/h11-13,15H,6-10H2,1-5H3,(H,22,23). The number of nitrogens with one attached hydrogen (secondary N) is 1. The zero-order chi connectivity index (χ0) is 18.2. The van der Waals surface area contributed by atoms with Crippen LogP contribution in [0.3, 0.4) is 0 Å². The molecule has 0 unspecified atom stereocenters. The molecular weight excluding hydrogens is 313 g/mol. The molecule has 1 saturated heterocycles. The van der Waals surface area contributed by atoms with Crippen molar-refractivity contribution in [1.82, 2.24) is 0 Å².